The summed E-state index contributed by atoms with van der Waals surface area (Å²) < 4.78 is 12.6. The number of ether oxygens (including phenoxy) is 2. The third-order valence-corrected chi connectivity index (χ3v) is 3.26. The first-order valence-electron chi connectivity index (χ1n) is 6.14. The molecule has 5 nitrogen and oxygen atoms in total. The zero-order valence-electron chi connectivity index (χ0n) is 11.4. The lowest BCUT2D eigenvalue weighted by molar-refractivity contribution is 0.186. The van der Waals surface area contributed by atoms with Gasteiger partial charge in [0.1, 0.15) is 5.75 Å². The van der Waals surface area contributed by atoms with Crippen molar-refractivity contribution in [1.29, 1.82) is 0 Å². The number of para-hydroxylation sites is 1. The average molecular weight is 292 g/mol. The van der Waals surface area contributed by atoms with Crippen LogP contribution in [0.2, 0.25) is 0 Å². The smallest absolute Gasteiger partial charge is 0.252 e. The van der Waals surface area contributed by atoms with Crippen LogP contribution < -0.4 is 10.3 Å². The van der Waals surface area contributed by atoms with Gasteiger partial charge in [0.15, 0.2) is 4.77 Å². The fraction of sp³-hybridized carbons (Fsp3) is 0.286. The Labute approximate surface area is 121 Å². The van der Waals surface area contributed by atoms with E-state index in [9.17, 15) is 4.79 Å². The van der Waals surface area contributed by atoms with Gasteiger partial charge < -0.3 is 14.0 Å². The van der Waals surface area contributed by atoms with Crippen LogP contribution in [0.3, 0.4) is 0 Å². The molecule has 2 aromatic rings. The first-order valence-corrected chi connectivity index (χ1v) is 6.54. The lowest BCUT2D eigenvalue weighted by Crippen LogP contribution is -2.17. The molecule has 6 heteroatoms. The quantitative estimate of drug-likeness (QED) is 0.859. The zero-order chi connectivity index (χ0) is 14.5. The van der Waals surface area contributed by atoms with E-state index in [4.69, 9.17) is 21.7 Å². The lowest BCUT2D eigenvalue weighted by Gasteiger charge is -2.15. The van der Waals surface area contributed by atoms with Crippen molar-refractivity contribution in [2.45, 2.75) is 6.54 Å². The molecule has 1 heterocycles. The summed E-state index contributed by atoms with van der Waals surface area (Å²) in [7, 11) is 3.22. The van der Waals surface area contributed by atoms with Gasteiger partial charge in [0.25, 0.3) is 5.56 Å². The van der Waals surface area contributed by atoms with Gasteiger partial charge in [-0.3, -0.25) is 9.78 Å². The highest BCUT2D eigenvalue weighted by Crippen LogP contribution is 2.28. The maximum Gasteiger partial charge on any atom is 0.252 e. The van der Waals surface area contributed by atoms with Crippen molar-refractivity contribution in [3.63, 3.8) is 0 Å². The highest BCUT2D eigenvalue weighted by atomic mass is 32.1. The van der Waals surface area contributed by atoms with Crippen molar-refractivity contribution >= 4 is 12.2 Å². The molecule has 0 bridgehead atoms. The molecule has 0 saturated heterocycles. The van der Waals surface area contributed by atoms with Crippen LogP contribution in [0.15, 0.2) is 35.1 Å². The number of rotatable bonds is 5. The van der Waals surface area contributed by atoms with Crippen LogP contribution in [0.4, 0.5) is 0 Å². The molecule has 0 aliphatic rings. The molecule has 0 saturated carbocycles. The molecular formula is C14H16N2O3S. The summed E-state index contributed by atoms with van der Waals surface area (Å²) in [5.74, 6) is 0.693. The number of benzene rings is 1. The van der Waals surface area contributed by atoms with E-state index in [0.717, 1.165) is 5.56 Å². The van der Waals surface area contributed by atoms with E-state index in [1.807, 2.05) is 28.8 Å². The van der Waals surface area contributed by atoms with Gasteiger partial charge >= 0.3 is 0 Å². The van der Waals surface area contributed by atoms with E-state index in [0.29, 0.717) is 29.4 Å². The fourth-order valence-corrected chi connectivity index (χ4v) is 2.29. The highest BCUT2D eigenvalue weighted by molar-refractivity contribution is 7.71. The minimum absolute atomic E-state index is 0.232. The minimum Gasteiger partial charge on any atom is -0.496 e. The van der Waals surface area contributed by atoms with Crippen LogP contribution in [-0.4, -0.2) is 30.4 Å². The topological polar surface area (TPSA) is 56.2 Å². The van der Waals surface area contributed by atoms with E-state index in [-0.39, 0.29) is 5.56 Å². The van der Waals surface area contributed by atoms with Crippen molar-refractivity contribution in [2.75, 3.05) is 20.8 Å². The Bertz CT molecular complexity index is 706. The number of methoxy groups -OCH3 is 2. The Balaban J connectivity index is 2.65. The molecule has 0 amide bonds. The fourth-order valence-electron chi connectivity index (χ4n) is 2.00. The average Bonchev–Trinajstić information content (AvgIpc) is 2.45. The predicted octanol–water partition coefficient (Wildman–Crippen LogP) is 2.23. The van der Waals surface area contributed by atoms with Crippen LogP contribution in [0.1, 0.15) is 0 Å². The molecule has 0 aliphatic carbocycles. The summed E-state index contributed by atoms with van der Waals surface area (Å²) in [6.45, 7) is 1.06. The number of hydrogen-bond donors (Lipinski definition) is 1. The largest absolute Gasteiger partial charge is 0.496 e. The van der Waals surface area contributed by atoms with Crippen LogP contribution in [0, 0.1) is 4.77 Å². The number of aromatic nitrogens is 2. The van der Waals surface area contributed by atoms with E-state index in [1.54, 1.807) is 14.2 Å². The summed E-state index contributed by atoms with van der Waals surface area (Å²) in [6.07, 6.45) is 0. The second-order valence-electron chi connectivity index (χ2n) is 4.17. The van der Waals surface area contributed by atoms with E-state index in [1.165, 1.54) is 6.07 Å². The standard InChI is InChI=1S/C14H16N2O3S/c1-18-8-7-16-11(9-13(17)15-14(16)20)10-5-3-4-6-12(10)19-2/h3-6,9H,7-8H2,1-2H3,(H,15,17,20). The van der Waals surface area contributed by atoms with Crippen molar-refractivity contribution in [2.24, 2.45) is 0 Å². The van der Waals surface area contributed by atoms with E-state index in [2.05, 4.69) is 4.98 Å². The Hall–Kier alpha value is -1.92. The molecule has 1 aromatic heterocycles. The minimum atomic E-state index is -0.232. The molecule has 0 atom stereocenters. The van der Waals surface area contributed by atoms with Crippen LogP contribution in [0.25, 0.3) is 11.3 Å². The van der Waals surface area contributed by atoms with Gasteiger partial charge in [-0.1, -0.05) is 12.1 Å². The van der Waals surface area contributed by atoms with Crippen molar-refractivity contribution in [1.82, 2.24) is 9.55 Å². The summed E-state index contributed by atoms with van der Waals surface area (Å²) in [5.41, 5.74) is 1.31. The van der Waals surface area contributed by atoms with Crippen LogP contribution >= 0.6 is 12.2 Å². The van der Waals surface area contributed by atoms with Crippen LogP contribution in [0.5, 0.6) is 5.75 Å². The Kier molecular flexibility index (Phi) is 4.70. The maximum atomic E-state index is 11.7. The number of aromatic amines is 1. The van der Waals surface area contributed by atoms with Gasteiger partial charge in [0.2, 0.25) is 0 Å². The van der Waals surface area contributed by atoms with Crippen molar-refractivity contribution in [3.05, 3.63) is 45.5 Å². The molecule has 0 radical (unpaired) electrons. The third kappa shape index (κ3) is 2.97. The first kappa shape index (κ1) is 14.5. The zero-order valence-corrected chi connectivity index (χ0v) is 12.2. The maximum absolute atomic E-state index is 11.7. The molecule has 0 spiro atoms. The third-order valence-electron chi connectivity index (χ3n) is 2.94. The molecule has 0 fully saturated rings. The Morgan fingerprint density at radius 3 is 2.75 bits per heavy atom. The molecule has 1 aromatic carbocycles. The van der Waals surface area contributed by atoms with Gasteiger partial charge in [-0.2, -0.15) is 0 Å². The summed E-state index contributed by atoms with van der Waals surface area (Å²) in [5, 5.41) is 0. The van der Waals surface area contributed by atoms with Gasteiger partial charge in [0.05, 0.1) is 19.4 Å². The van der Waals surface area contributed by atoms with Gasteiger partial charge in [-0.05, 0) is 24.4 Å². The number of H-pyrrole nitrogens is 1. The highest BCUT2D eigenvalue weighted by Gasteiger charge is 2.11. The first-order chi connectivity index (χ1) is 9.67. The summed E-state index contributed by atoms with van der Waals surface area (Å²) in [4.78, 5) is 14.3. The second kappa shape index (κ2) is 6.49. The summed E-state index contributed by atoms with van der Waals surface area (Å²) in [6, 6.07) is 9.03. The Morgan fingerprint density at radius 2 is 2.05 bits per heavy atom. The molecule has 20 heavy (non-hydrogen) atoms. The van der Waals surface area contributed by atoms with Gasteiger partial charge in [-0.25, -0.2) is 0 Å². The monoisotopic (exact) mass is 292 g/mol. The van der Waals surface area contributed by atoms with E-state index < -0.39 is 0 Å². The molecule has 0 unspecified atom stereocenters. The van der Waals surface area contributed by atoms with Crippen molar-refractivity contribution < 1.29 is 9.47 Å². The molecule has 1 N–H and O–H groups in total. The second-order valence-corrected chi connectivity index (χ2v) is 4.56. The van der Waals surface area contributed by atoms with Gasteiger partial charge in [-0.15, -0.1) is 0 Å². The predicted molar refractivity (Wildman–Crippen MR) is 79.8 cm³/mol. The number of hydrogen-bond acceptors (Lipinski definition) is 4. The SMILES string of the molecule is COCCn1c(-c2ccccc2OC)cc(=O)[nH]c1=S. The summed E-state index contributed by atoms with van der Waals surface area (Å²) >= 11 is 5.23. The number of nitrogens with zero attached hydrogens (tertiary/aromatic N) is 1. The lowest BCUT2D eigenvalue weighted by atomic mass is 10.1. The molecule has 0 aliphatic heterocycles. The molecular weight excluding hydrogens is 276 g/mol. The number of nitrogens with one attached hydrogen (secondary N) is 1. The Morgan fingerprint density at radius 1 is 1.30 bits per heavy atom. The van der Waals surface area contributed by atoms with Gasteiger partial charge in [0, 0.05) is 25.3 Å². The van der Waals surface area contributed by atoms with Crippen LogP contribution in [-0.2, 0) is 11.3 Å². The normalized spacial score (nSPS) is 10.5. The molecule has 106 valence electrons. The molecule has 2 rings (SSSR count). The van der Waals surface area contributed by atoms with E-state index >= 15 is 0 Å². The van der Waals surface area contributed by atoms with Crippen molar-refractivity contribution in [3.8, 4) is 17.0 Å².